The Morgan fingerprint density at radius 2 is 2.44 bits per heavy atom. The second-order valence-electron chi connectivity index (χ2n) is 4.68. The van der Waals surface area contributed by atoms with Gasteiger partial charge in [-0.25, -0.2) is 0 Å². The summed E-state index contributed by atoms with van der Waals surface area (Å²) >= 11 is 4.70. The SMILES string of the molecule is CCCc1nnsc1C(=O)N1CCC(CCBr)C1. The number of aryl methyl sites for hydroxylation is 1. The fourth-order valence-electron chi connectivity index (χ4n) is 2.32. The van der Waals surface area contributed by atoms with E-state index in [1.807, 2.05) is 4.90 Å². The van der Waals surface area contributed by atoms with Gasteiger partial charge in [0.25, 0.3) is 5.91 Å². The molecule has 0 aromatic carbocycles. The highest BCUT2D eigenvalue weighted by molar-refractivity contribution is 9.09. The van der Waals surface area contributed by atoms with Crippen LogP contribution < -0.4 is 0 Å². The zero-order valence-corrected chi connectivity index (χ0v) is 13.0. The summed E-state index contributed by atoms with van der Waals surface area (Å²) in [4.78, 5) is 15.1. The van der Waals surface area contributed by atoms with Gasteiger partial charge in [-0.05, 0) is 36.7 Å². The second kappa shape index (κ2) is 6.61. The van der Waals surface area contributed by atoms with Crippen LogP contribution in [0.3, 0.4) is 0 Å². The summed E-state index contributed by atoms with van der Waals surface area (Å²) < 4.78 is 3.93. The molecule has 1 amide bonds. The lowest BCUT2D eigenvalue weighted by atomic mass is 10.1. The van der Waals surface area contributed by atoms with Crippen LogP contribution in [-0.2, 0) is 6.42 Å². The van der Waals surface area contributed by atoms with Crippen LogP contribution in [0.25, 0.3) is 0 Å². The largest absolute Gasteiger partial charge is 0.338 e. The summed E-state index contributed by atoms with van der Waals surface area (Å²) in [6, 6.07) is 0. The summed E-state index contributed by atoms with van der Waals surface area (Å²) in [7, 11) is 0. The van der Waals surface area contributed by atoms with E-state index in [2.05, 4.69) is 32.4 Å². The minimum Gasteiger partial charge on any atom is -0.338 e. The van der Waals surface area contributed by atoms with Gasteiger partial charge in [-0.1, -0.05) is 33.8 Å². The van der Waals surface area contributed by atoms with E-state index in [1.165, 1.54) is 11.5 Å². The molecule has 4 nitrogen and oxygen atoms in total. The fraction of sp³-hybridized carbons (Fsp3) is 0.750. The molecule has 0 N–H and O–H groups in total. The molecule has 1 aromatic rings. The molecule has 1 aliphatic rings. The maximum Gasteiger partial charge on any atom is 0.267 e. The van der Waals surface area contributed by atoms with Gasteiger partial charge in [-0.3, -0.25) is 4.79 Å². The molecule has 1 unspecified atom stereocenters. The van der Waals surface area contributed by atoms with Crippen LogP contribution in [0.4, 0.5) is 0 Å². The van der Waals surface area contributed by atoms with Gasteiger partial charge in [0.2, 0.25) is 0 Å². The average molecular weight is 332 g/mol. The zero-order valence-electron chi connectivity index (χ0n) is 10.6. The van der Waals surface area contributed by atoms with Crippen molar-refractivity contribution in [3.05, 3.63) is 10.6 Å². The molecule has 2 rings (SSSR count). The number of alkyl halides is 1. The van der Waals surface area contributed by atoms with E-state index in [-0.39, 0.29) is 5.91 Å². The highest BCUT2D eigenvalue weighted by atomic mass is 79.9. The molecule has 1 aliphatic heterocycles. The van der Waals surface area contributed by atoms with Crippen molar-refractivity contribution in [2.45, 2.75) is 32.6 Å². The van der Waals surface area contributed by atoms with Crippen molar-refractivity contribution >= 4 is 33.4 Å². The summed E-state index contributed by atoms with van der Waals surface area (Å²) in [5.41, 5.74) is 0.872. The van der Waals surface area contributed by atoms with Crippen molar-refractivity contribution in [2.24, 2.45) is 5.92 Å². The Morgan fingerprint density at radius 1 is 1.61 bits per heavy atom. The van der Waals surface area contributed by atoms with Crippen LogP contribution >= 0.6 is 27.5 Å². The smallest absolute Gasteiger partial charge is 0.267 e. The topological polar surface area (TPSA) is 46.1 Å². The zero-order chi connectivity index (χ0) is 13.0. The molecule has 1 saturated heterocycles. The van der Waals surface area contributed by atoms with Gasteiger partial charge >= 0.3 is 0 Å². The predicted octanol–water partition coefficient (Wildman–Crippen LogP) is 2.74. The first kappa shape index (κ1) is 13.9. The molecule has 0 bridgehead atoms. The van der Waals surface area contributed by atoms with E-state index in [0.29, 0.717) is 5.92 Å². The van der Waals surface area contributed by atoms with Crippen LogP contribution in [0.5, 0.6) is 0 Å². The molecule has 0 saturated carbocycles. The number of hydrogen-bond donors (Lipinski definition) is 0. The Hall–Kier alpha value is -0.490. The lowest BCUT2D eigenvalue weighted by Crippen LogP contribution is -2.28. The van der Waals surface area contributed by atoms with E-state index in [4.69, 9.17) is 0 Å². The monoisotopic (exact) mass is 331 g/mol. The maximum absolute atomic E-state index is 12.4. The highest BCUT2D eigenvalue weighted by Crippen LogP contribution is 2.24. The normalized spacial score (nSPS) is 19.4. The number of aromatic nitrogens is 2. The van der Waals surface area contributed by atoms with E-state index in [1.54, 1.807) is 0 Å². The van der Waals surface area contributed by atoms with Gasteiger partial charge in [0.15, 0.2) is 0 Å². The van der Waals surface area contributed by atoms with Gasteiger partial charge in [0, 0.05) is 18.4 Å². The molecule has 1 atom stereocenters. The minimum absolute atomic E-state index is 0.130. The van der Waals surface area contributed by atoms with Crippen LogP contribution in [0, 0.1) is 5.92 Å². The Labute approximate surface area is 120 Å². The molecule has 2 heterocycles. The van der Waals surface area contributed by atoms with Crippen LogP contribution in [-0.4, -0.2) is 38.8 Å². The first-order valence-corrected chi connectivity index (χ1v) is 8.32. The number of rotatable bonds is 5. The first-order chi connectivity index (χ1) is 8.76. The summed E-state index contributed by atoms with van der Waals surface area (Å²) in [6.45, 7) is 3.85. The third kappa shape index (κ3) is 3.09. The van der Waals surface area contributed by atoms with E-state index >= 15 is 0 Å². The first-order valence-electron chi connectivity index (χ1n) is 6.42. The Balaban J connectivity index is 2.01. The van der Waals surface area contributed by atoms with Crippen molar-refractivity contribution in [1.29, 1.82) is 0 Å². The highest BCUT2D eigenvalue weighted by Gasteiger charge is 2.29. The number of carbonyl (C=O) groups is 1. The molecule has 0 aliphatic carbocycles. The third-order valence-electron chi connectivity index (χ3n) is 3.33. The number of nitrogens with zero attached hydrogens (tertiary/aromatic N) is 3. The van der Waals surface area contributed by atoms with Gasteiger partial charge in [-0.15, -0.1) is 5.10 Å². The summed E-state index contributed by atoms with van der Waals surface area (Å²) in [5.74, 6) is 0.773. The lowest BCUT2D eigenvalue weighted by Gasteiger charge is -2.15. The molecule has 0 radical (unpaired) electrons. The average Bonchev–Trinajstić information content (AvgIpc) is 2.98. The lowest BCUT2D eigenvalue weighted by molar-refractivity contribution is 0.0790. The van der Waals surface area contributed by atoms with Crippen LogP contribution in [0.2, 0.25) is 0 Å². The van der Waals surface area contributed by atoms with Crippen LogP contribution in [0.1, 0.15) is 41.6 Å². The third-order valence-corrected chi connectivity index (χ3v) is 4.54. The molecular formula is C12H18BrN3OS. The standard InChI is InChI=1S/C12H18BrN3OS/c1-2-3-10-11(18-15-14-10)12(17)16-7-5-9(8-16)4-6-13/h9H,2-8H2,1H3. The Morgan fingerprint density at radius 3 is 3.17 bits per heavy atom. The van der Waals surface area contributed by atoms with Crippen molar-refractivity contribution in [3.63, 3.8) is 0 Å². The van der Waals surface area contributed by atoms with E-state index in [0.717, 1.165) is 54.7 Å². The van der Waals surface area contributed by atoms with Crippen LogP contribution in [0.15, 0.2) is 0 Å². The summed E-state index contributed by atoms with van der Waals surface area (Å²) in [5, 5.41) is 5.08. The Bertz CT molecular complexity index is 410. The molecule has 6 heteroatoms. The van der Waals surface area contributed by atoms with E-state index in [9.17, 15) is 4.79 Å². The molecular weight excluding hydrogens is 314 g/mol. The second-order valence-corrected chi connectivity index (χ2v) is 6.23. The molecule has 18 heavy (non-hydrogen) atoms. The Kier molecular flexibility index (Phi) is 5.12. The van der Waals surface area contributed by atoms with Crippen molar-refractivity contribution < 1.29 is 4.79 Å². The maximum atomic E-state index is 12.4. The summed E-state index contributed by atoms with van der Waals surface area (Å²) in [6.07, 6.45) is 4.10. The van der Waals surface area contributed by atoms with Crippen molar-refractivity contribution in [2.75, 3.05) is 18.4 Å². The van der Waals surface area contributed by atoms with Gasteiger partial charge in [0.05, 0.1) is 5.69 Å². The minimum atomic E-state index is 0.130. The number of hydrogen-bond acceptors (Lipinski definition) is 4. The molecule has 100 valence electrons. The quantitative estimate of drug-likeness (QED) is 0.779. The van der Waals surface area contributed by atoms with Crippen molar-refractivity contribution in [1.82, 2.24) is 14.5 Å². The molecule has 1 aromatic heterocycles. The number of carbonyl (C=O) groups excluding carboxylic acids is 1. The fourth-order valence-corrected chi connectivity index (χ4v) is 3.65. The van der Waals surface area contributed by atoms with Gasteiger partial charge in [0.1, 0.15) is 4.88 Å². The van der Waals surface area contributed by atoms with E-state index < -0.39 is 0 Å². The van der Waals surface area contributed by atoms with Gasteiger partial charge in [-0.2, -0.15) is 0 Å². The number of likely N-dealkylation sites (tertiary alicyclic amines) is 1. The van der Waals surface area contributed by atoms with Crippen molar-refractivity contribution in [3.8, 4) is 0 Å². The predicted molar refractivity (Wildman–Crippen MR) is 76.3 cm³/mol. The molecule has 0 spiro atoms. The van der Waals surface area contributed by atoms with Gasteiger partial charge < -0.3 is 4.90 Å². The number of halogens is 1. The molecule has 1 fully saturated rings. The number of amides is 1.